The molecule has 0 radical (unpaired) electrons. The molecule has 1 atom stereocenters. The lowest BCUT2D eigenvalue weighted by molar-refractivity contribution is -0.139. The Morgan fingerprint density at radius 2 is 1.90 bits per heavy atom. The number of benzene rings is 2. The quantitative estimate of drug-likeness (QED) is 0.267. The maximum atomic E-state index is 13.3. The third kappa shape index (κ3) is 6.06. The molecule has 2 aliphatic rings. The Labute approximate surface area is 243 Å². The highest BCUT2D eigenvalue weighted by atomic mass is 32.2. The molecular formula is C32H28N4O4S. The molecule has 2 aromatic carbocycles. The number of carbonyl (C=O) groups excluding carboxylic acids is 1. The van der Waals surface area contributed by atoms with Gasteiger partial charge in [-0.2, -0.15) is 10.5 Å². The molecule has 1 aliphatic carbocycles. The third-order valence-electron chi connectivity index (χ3n) is 6.93. The number of allylic oxidation sites excluding steroid dienone is 1. The molecule has 0 amide bonds. The fourth-order valence-corrected chi connectivity index (χ4v) is 5.88. The van der Waals surface area contributed by atoms with Gasteiger partial charge in [-0.05, 0) is 61.1 Å². The van der Waals surface area contributed by atoms with Gasteiger partial charge in [-0.1, -0.05) is 54.2 Å². The minimum atomic E-state index is -0.796. The van der Waals surface area contributed by atoms with E-state index in [0.717, 1.165) is 36.1 Å². The second-order valence-electron chi connectivity index (χ2n) is 9.53. The van der Waals surface area contributed by atoms with E-state index < -0.39 is 11.9 Å². The van der Waals surface area contributed by atoms with E-state index in [1.807, 2.05) is 36.4 Å². The number of thioether (sulfide) groups is 1. The van der Waals surface area contributed by atoms with E-state index >= 15 is 0 Å². The number of aryl methyl sites for hydroxylation is 2. The highest BCUT2D eigenvalue weighted by Gasteiger charge is 2.37. The van der Waals surface area contributed by atoms with Gasteiger partial charge in [0.2, 0.25) is 5.88 Å². The molecule has 3 aromatic rings. The van der Waals surface area contributed by atoms with Crippen LogP contribution in [0, 0.1) is 22.7 Å². The Balaban J connectivity index is 1.46. The summed E-state index contributed by atoms with van der Waals surface area (Å²) in [6, 6.07) is 23.3. The van der Waals surface area contributed by atoms with Crippen molar-refractivity contribution in [3.8, 4) is 17.9 Å². The first-order valence-corrected chi connectivity index (χ1v) is 14.3. The van der Waals surface area contributed by atoms with Crippen LogP contribution in [0.15, 0.2) is 88.5 Å². The number of esters is 1. The van der Waals surface area contributed by atoms with Crippen molar-refractivity contribution in [2.75, 3.05) is 12.4 Å². The maximum absolute atomic E-state index is 13.3. The van der Waals surface area contributed by atoms with E-state index in [4.69, 9.17) is 24.9 Å². The van der Waals surface area contributed by atoms with Crippen molar-refractivity contribution in [2.24, 2.45) is 5.73 Å². The summed E-state index contributed by atoms with van der Waals surface area (Å²) in [4.78, 5) is 18.1. The molecule has 0 bridgehead atoms. The second kappa shape index (κ2) is 12.6. The van der Waals surface area contributed by atoms with Gasteiger partial charge in [-0.25, -0.2) is 9.78 Å². The molecule has 2 N–H and O–H groups in total. The summed E-state index contributed by atoms with van der Waals surface area (Å²) >= 11 is 1.29. The molecule has 0 saturated heterocycles. The molecule has 1 aliphatic heterocycles. The van der Waals surface area contributed by atoms with Gasteiger partial charge >= 0.3 is 5.97 Å². The van der Waals surface area contributed by atoms with Crippen LogP contribution in [-0.2, 0) is 33.7 Å². The predicted molar refractivity (Wildman–Crippen MR) is 153 cm³/mol. The smallest absolute Gasteiger partial charge is 0.338 e. The SMILES string of the molecule is CCOC(=O)C1=C(CSc2nc3c(cc2C#N)CCC3)OC(N)=C(C#N)[C@@H]1c1ccc(OCc2ccccc2)cc1. The number of hydrogen-bond acceptors (Lipinski definition) is 9. The highest BCUT2D eigenvalue weighted by molar-refractivity contribution is 7.99. The number of carbonyl (C=O) groups is 1. The molecule has 206 valence electrons. The number of nitriles is 2. The van der Waals surface area contributed by atoms with Crippen LogP contribution in [0.4, 0.5) is 0 Å². The van der Waals surface area contributed by atoms with Crippen LogP contribution < -0.4 is 10.5 Å². The summed E-state index contributed by atoms with van der Waals surface area (Å²) in [6.07, 6.45) is 2.80. The summed E-state index contributed by atoms with van der Waals surface area (Å²) in [5, 5.41) is 20.3. The Bertz CT molecular complexity index is 1600. The number of aromatic nitrogens is 1. The molecule has 0 saturated carbocycles. The van der Waals surface area contributed by atoms with Gasteiger partial charge in [-0.15, -0.1) is 0 Å². The first-order valence-electron chi connectivity index (χ1n) is 13.3. The first kappa shape index (κ1) is 27.8. The average Bonchev–Trinajstić information content (AvgIpc) is 3.46. The second-order valence-corrected chi connectivity index (χ2v) is 10.5. The number of pyridine rings is 1. The van der Waals surface area contributed by atoms with E-state index in [9.17, 15) is 15.3 Å². The first-order chi connectivity index (χ1) is 20.0. The molecule has 9 heteroatoms. The zero-order chi connectivity index (χ0) is 28.8. The summed E-state index contributed by atoms with van der Waals surface area (Å²) < 4.78 is 17.2. The zero-order valence-electron chi connectivity index (χ0n) is 22.6. The molecule has 5 rings (SSSR count). The van der Waals surface area contributed by atoms with Crippen molar-refractivity contribution in [1.29, 1.82) is 10.5 Å². The summed E-state index contributed by atoms with van der Waals surface area (Å²) in [5.41, 5.74) is 10.8. The summed E-state index contributed by atoms with van der Waals surface area (Å²) in [6.45, 7) is 2.27. The Morgan fingerprint density at radius 3 is 2.61 bits per heavy atom. The standard InChI is InChI=1S/C32H28N4O4S/c1-2-38-32(37)29-27(19-41-31-23(16-33)15-22-9-6-10-26(22)36-31)40-30(35)25(17-34)28(29)21-11-13-24(14-12-21)39-18-20-7-4-3-5-8-20/h3-5,7-8,11-15,28H,2,6,9-10,18-19,35H2,1H3/t28-/m0/s1. The van der Waals surface area contributed by atoms with Gasteiger partial charge in [0.05, 0.1) is 29.4 Å². The van der Waals surface area contributed by atoms with Gasteiger partial charge < -0.3 is 19.9 Å². The van der Waals surface area contributed by atoms with Crippen LogP contribution >= 0.6 is 11.8 Å². The maximum Gasteiger partial charge on any atom is 0.338 e. The van der Waals surface area contributed by atoms with Crippen LogP contribution in [0.1, 0.15) is 47.2 Å². The van der Waals surface area contributed by atoms with E-state index in [1.165, 1.54) is 11.8 Å². The molecule has 2 heterocycles. The number of rotatable bonds is 9. The van der Waals surface area contributed by atoms with Gasteiger partial charge in [-0.3, -0.25) is 0 Å². The molecule has 0 spiro atoms. The minimum Gasteiger partial charge on any atom is -0.489 e. The van der Waals surface area contributed by atoms with E-state index in [1.54, 1.807) is 31.2 Å². The molecular weight excluding hydrogens is 536 g/mol. The Morgan fingerprint density at radius 1 is 1.12 bits per heavy atom. The van der Waals surface area contributed by atoms with Gasteiger partial charge in [0.1, 0.15) is 40.9 Å². The highest BCUT2D eigenvalue weighted by Crippen LogP contribution is 2.42. The van der Waals surface area contributed by atoms with Gasteiger partial charge in [0, 0.05) is 5.69 Å². The van der Waals surface area contributed by atoms with Crippen molar-refractivity contribution in [3.63, 3.8) is 0 Å². The van der Waals surface area contributed by atoms with E-state index in [2.05, 4.69) is 12.1 Å². The van der Waals surface area contributed by atoms with E-state index in [-0.39, 0.29) is 35.1 Å². The minimum absolute atomic E-state index is 0.0760. The van der Waals surface area contributed by atoms with Crippen LogP contribution in [0.2, 0.25) is 0 Å². The lowest BCUT2D eigenvalue weighted by Crippen LogP contribution is -2.27. The molecule has 1 aromatic heterocycles. The zero-order valence-corrected chi connectivity index (χ0v) is 23.4. The molecule has 0 fully saturated rings. The lowest BCUT2D eigenvalue weighted by Gasteiger charge is -2.28. The van der Waals surface area contributed by atoms with Crippen molar-refractivity contribution in [2.45, 2.75) is 43.7 Å². The van der Waals surface area contributed by atoms with Crippen LogP contribution in [-0.4, -0.2) is 23.3 Å². The molecule has 41 heavy (non-hydrogen) atoms. The van der Waals surface area contributed by atoms with Crippen LogP contribution in [0.25, 0.3) is 0 Å². The summed E-state index contributed by atoms with van der Waals surface area (Å²) in [7, 11) is 0. The largest absolute Gasteiger partial charge is 0.489 e. The van der Waals surface area contributed by atoms with Crippen LogP contribution in [0.3, 0.4) is 0 Å². The number of fused-ring (bicyclic) bond motifs is 1. The lowest BCUT2D eigenvalue weighted by atomic mass is 9.83. The Hall–Kier alpha value is -4.73. The average molecular weight is 565 g/mol. The number of hydrogen-bond donors (Lipinski definition) is 1. The number of ether oxygens (including phenoxy) is 3. The normalized spacial score (nSPS) is 15.9. The Kier molecular flexibility index (Phi) is 8.57. The van der Waals surface area contributed by atoms with Gasteiger partial charge in [0.25, 0.3) is 0 Å². The molecule has 8 nitrogen and oxygen atoms in total. The molecule has 0 unspecified atom stereocenters. The topological polar surface area (TPSA) is 131 Å². The third-order valence-corrected chi connectivity index (χ3v) is 7.92. The van der Waals surface area contributed by atoms with Crippen molar-refractivity contribution in [3.05, 3.63) is 111 Å². The summed E-state index contributed by atoms with van der Waals surface area (Å²) in [5.74, 6) is -0.388. The number of nitrogens with two attached hydrogens (primary N) is 1. The fourth-order valence-electron chi connectivity index (χ4n) is 4.97. The van der Waals surface area contributed by atoms with Crippen molar-refractivity contribution >= 4 is 17.7 Å². The van der Waals surface area contributed by atoms with Gasteiger partial charge in [0.15, 0.2) is 0 Å². The van der Waals surface area contributed by atoms with E-state index in [0.29, 0.717) is 28.5 Å². The predicted octanol–water partition coefficient (Wildman–Crippen LogP) is 5.44. The van der Waals surface area contributed by atoms with Crippen molar-refractivity contribution in [1.82, 2.24) is 4.98 Å². The monoisotopic (exact) mass is 564 g/mol. The number of nitrogens with zero attached hydrogens (tertiary/aromatic N) is 3. The van der Waals surface area contributed by atoms with Crippen molar-refractivity contribution < 1.29 is 19.0 Å². The fraction of sp³-hybridized carbons (Fsp3) is 0.250. The van der Waals surface area contributed by atoms with Crippen LogP contribution in [0.5, 0.6) is 5.75 Å².